The summed E-state index contributed by atoms with van der Waals surface area (Å²) < 4.78 is 51.2. The fourth-order valence-corrected chi connectivity index (χ4v) is 3.78. The van der Waals surface area contributed by atoms with Gasteiger partial charge in [0, 0.05) is 33.0 Å². The van der Waals surface area contributed by atoms with Crippen LogP contribution in [0.2, 0.25) is 0 Å². The molecule has 0 aliphatic carbocycles. The molecule has 0 aromatic rings. The van der Waals surface area contributed by atoms with Crippen LogP contribution >= 0.6 is 0 Å². The number of hydrogen-bond donors (Lipinski definition) is 1. The molecular formula is C9H21N3O6S2. The largest absolute Gasteiger partial charge is 0.467 e. The molecule has 0 bridgehead atoms. The molecule has 0 aromatic carbocycles. The molecule has 0 aromatic heterocycles. The van der Waals surface area contributed by atoms with Gasteiger partial charge in [-0.3, -0.25) is 5.84 Å². The Bertz CT molecular complexity index is 556. The number of nitrogens with two attached hydrogens (primary N) is 1. The second-order valence-corrected chi connectivity index (χ2v) is 9.10. The number of carbonyl (C=O) groups excluding carboxylic acids is 1. The number of hydrazine groups is 2. The molecule has 0 saturated carbocycles. The third kappa shape index (κ3) is 4.12. The van der Waals surface area contributed by atoms with E-state index in [-0.39, 0.29) is 0 Å². The van der Waals surface area contributed by atoms with Crippen LogP contribution in [0, 0.1) is 0 Å². The third-order valence-electron chi connectivity index (χ3n) is 2.73. The first-order chi connectivity index (χ1) is 8.79. The van der Waals surface area contributed by atoms with Gasteiger partial charge in [-0.05, 0) is 0 Å². The third-order valence-corrected chi connectivity index (χ3v) is 5.46. The Morgan fingerprint density at radius 3 is 1.90 bits per heavy atom. The van der Waals surface area contributed by atoms with Crippen LogP contribution < -0.4 is 5.84 Å². The summed E-state index contributed by atoms with van der Waals surface area (Å²) in [5, 5.41) is 1.83. The molecule has 0 rings (SSSR count). The highest BCUT2D eigenvalue weighted by molar-refractivity contribution is 7.93. The van der Waals surface area contributed by atoms with Crippen molar-refractivity contribution in [2.24, 2.45) is 5.84 Å². The molecule has 0 heterocycles. The monoisotopic (exact) mass is 331 g/mol. The van der Waals surface area contributed by atoms with Gasteiger partial charge >= 0.3 is 5.97 Å². The highest BCUT2D eigenvalue weighted by Gasteiger charge is 2.55. The minimum atomic E-state index is -4.08. The minimum Gasteiger partial charge on any atom is -0.467 e. The summed E-state index contributed by atoms with van der Waals surface area (Å²) in [5.41, 5.74) is 0. The molecule has 1 unspecified atom stereocenters. The van der Waals surface area contributed by atoms with Crippen molar-refractivity contribution in [3.63, 3.8) is 0 Å². The van der Waals surface area contributed by atoms with Crippen molar-refractivity contribution in [3.8, 4) is 0 Å². The standard InChI is InChI=1S/C9H21N3O6S2/c1-11(2)12(10)9(8(13)18-3,20(5,16)17)6-7-19(4,14)15/h6-7,10H2,1-5H3. The van der Waals surface area contributed by atoms with Gasteiger partial charge < -0.3 is 4.74 Å². The Kier molecular flexibility index (Phi) is 6.11. The number of methoxy groups -OCH3 is 1. The number of hydrogen-bond acceptors (Lipinski definition) is 9. The summed E-state index contributed by atoms with van der Waals surface area (Å²) in [6.07, 6.45) is 1.20. The van der Waals surface area contributed by atoms with Gasteiger partial charge in [-0.25, -0.2) is 26.6 Å². The highest BCUT2D eigenvalue weighted by Crippen LogP contribution is 2.27. The molecule has 0 spiro atoms. The average Bonchev–Trinajstić information content (AvgIpc) is 2.25. The molecule has 11 heteroatoms. The lowest BCUT2D eigenvalue weighted by Crippen LogP contribution is -2.67. The van der Waals surface area contributed by atoms with Crippen molar-refractivity contribution < 1.29 is 26.4 Å². The fourth-order valence-electron chi connectivity index (χ4n) is 1.62. The van der Waals surface area contributed by atoms with Gasteiger partial charge in [0.2, 0.25) is 4.87 Å². The number of ether oxygens (including phenoxy) is 1. The van der Waals surface area contributed by atoms with Crippen LogP contribution in [0.3, 0.4) is 0 Å². The number of carbonyl (C=O) groups is 1. The SMILES string of the molecule is COC(=O)C(CCS(C)(=O)=O)(N(N)N(C)C)S(C)(=O)=O. The van der Waals surface area contributed by atoms with Crippen molar-refractivity contribution in [1.29, 1.82) is 0 Å². The van der Waals surface area contributed by atoms with E-state index in [4.69, 9.17) is 5.84 Å². The maximum Gasteiger partial charge on any atom is 0.345 e. The Morgan fingerprint density at radius 2 is 1.65 bits per heavy atom. The van der Waals surface area contributed by atoms with Gasteiger partial charge in [0.1, 0.15) is 9.84 Å². The maximum atomic E-state index is 12.1. The van der Waals surface area contributed by atoms with E-state index in [1.165, 1.54) is 19.1 Å². The van der Waals surface area contributed by atoms with Gasteiger partial charge in [-0.15, -0.1) is 5.12 Å². The molecule has 0 aliphatic rings. The lowest BCUT2D eigenvalue weighted by Gasteiger charge is -2.39. The Balaban J connectivity index is 6.02. The zero-order chi connectivity index (χ0) is 16.4. The summed E-state index contributed by atoms with van der Waals surface area (Å²) in [5.74, 6) is 4.00. The summed E-state index contributed by atoms with van der Waals surface area (Å²) in [7, 11) is -3.73. The lowest BCUT2D eigenvalue weighted by atomic mass is 10.2. The molecule has 0 radical (unpaired) electrons. The molecule has 120 valence electrons. The number of sulfone groups is 2. The van der Waals surface area contributed by atoms with E-state index >= 15 is 0 Å². The van der Waals surface area contributed by atoms with Gasteiger partial charge in [0.25, 0.3) is 0 Å². The number of nitrogens with zero attached hydrogens (tertiary/aromatic N) is 2. The van der Waals surface area contributed by atoms with E-state index in [2.05, 4.69) is 4.74 Å². The molecule has 0 saturated heterocycles. The second-order valence-electron chi connectivity index (χ2n) is 4.62. The van der Waals surface area contributed by atoms with E-state index in [1.807, 2.05) is 0 Å². The molecule has 9 nitrogen and oxygen atoms in total. The van der Waals surface area contributed by atoms with Crippen molar-refractivity contribution in [2.75, 3.05) is 39.5 Å². The number of esters is 1. The van der Waals surface area contributed by atoms with Crippen molar-refractivity contribution >= 4 is 25.6 Å². The molecule has 2 N–H and O–H groups in total. The van der Waals surface area contributed by atoms with Crippen LogP contribution in [0.1, 0.15) is 6.42 Å². The molecule has 0 amide bonds. The highest BCUT2D eigenvalue weighted by atomic mass is 32.2. The summed E-state index contributed by atoms with van der Waals surface area (Å²) in [6, 6.07) is 0. The Morgan fingerprint density at radius 1 is 1.20 bits per heavy atom. The predicted molar refractivity (Wildman–Crippen MR) is 73.6 cm³/mol. The van der Waals surface area contributed by atoms with E-state index in [0.29, 0.717) is 5.12 Å². The summed E-state index contributed by atoms with van der Waals surface area (Å²) in [6.45, 7) is 0. The van der Waals surface area contributed by atoms with Crippen molar-refractivity contribution in [3.05, 3.63) is 0 Å². The first kappa shape index (κ1) is 19.2. The first-order valence-electron chi connectivity index (χ1n) is 5.47. The smallest absolute Gasteiger partial charge is 0.345 e. The summed E-state index contributed by atoms with van der Waals surface area (Å²) in [4.78, 5) is 9.70. The topological polar surface area (TPSA) is 127 Å². The fraction of sp³-hybridized carbons (Fsp3) is 0.889. The van der Waals surface area contributed by atoms with Crippen LogP contribution in [-0.2, 0) is 29.2 Å². The van der Waals surface area contributed by atoms with Crippen molar-refractivity contribution in [1.82, 2.24) is 10.1 Å². The Labute approximate surface area is 119 Å². The quantitative estimate of drug-likeness (QED) is 0.319. The minimum absolute atomic E-state index is 0.531. The van der Waals surface area contributed by atoms with Gasteiger partial charge in [-0.2, -0.15) is 0 Å². The lowest BCUT2D eigenvalue weighted by molar-refractivity contribution is -0.159. The normalized spacial score (nSPS) is 16.2. The summed E-state index contributed by atoms with van der Waals surface area (Å²) >= 11 is 0. The van der Waals surface area contributed by atoms with Gasteiger partial charge in [0.15, 0.2) is 9.84 Å². The van der Waals surface area contributed by atoms with E-state index < -0.39 is 42.7 Å². The second kappa shape index (κ2) is 6.35. The predicted octanol–water partition coefficient (Wildman–Crippen LogP) is -2.01. The average molecular weight is 331 g/mol. The molecule has 0 aliphatic heterocycles. The first-order valence-corrected chi connectivity index (χ1v) is 9.42. The van der Waals surface area contributed by atoms with E-state index in [9.17, 15) is 21.6 Å². The molecule has 20 heavy (non-hydrogen) atoms. The molecule has 0 fully saturated rings. The van der Waals surface area contributed by atoms with E-state index in [1.54, 1.807) is 0 Å². The van der Waals surface area contributed by atoms with Crippen molar-refractivity contribution in [2.45, 2.75) is 11.3 Å². The maximum absolute atomic E-state index is 12.1. The van der Waals surface area contributed by atoms with Crippen LogP contribution in [0.15, 0.2) is 0 Å². The van der Waals surface area contributed by atoms with Crippen LogP contribution in [0.4, 0.5) is 0 Å². The van der Waals surface area contributed by atoms with Crippen LogP contribution in [-0.4, -0.2) is 77.3 Å². The molecule has 1 atom stereocenters. The number of rotatable bonds is 7. The van der Waals surface area contributed by atoms with Crippen LogP contribution in [0.5, 0.6) is 0 Å². The zero-order valence-electron chi connectivity index (χ0n) is 12.2. The van der Waals surface area contributed by atoms with E-state index in [0.717, 1.165) is 19.6 Å². The van der Waals surface area contributed by atoms with Gasteiger partial charge in [0.05, 0.1) is 12.9 Å². The van der Waals surface area contributed by atoms with Crippen LogP contribution in [0.25, 0.3) is 0 Å². The molecular weight excluding hydrogens is 310 g/mol. The van der Waals surface area contributed by atoms with Gasteiger partial charge in [-0.1, -0.05) is 0 Å². The Hall–Kier alpha value is -0.750. The zero-order valence-corrected chi connectivity index (χ0v) is 13.8.